The fourth-order valence-corrected chi connectivity index (χ4v) is 12.2. The molecule has 2 aromatic rings. The number of hydrogen-bond acceptors (Lipinski definition) is 14. The minimum Gasteiger partial charge on any atom is -0.511 e. The van der Waals surface area contributed by atoms with Gasteiger partial charge in [-0.1, -0.05) is 82.3 Å². The molecule has 0 amide bonds. The first-order valence-corrected chi connectivity index (χ1v) is 20.9. The summed E-state index contributed by atoms with van der Waals surface area (Å²) in [6, 6.07) is 11.9. The van der Waals surface area contributed by atoms with Crippen molar-refractivity contribution in [1.82, 2.24) is 10.6 Å². The number of carbonyl (C=O) groups is 2. The molecular formula is C41H42N2O10S2. The second kappa shape index (κ2) is 13.7. The Morgan fingerprint density at radius 2 is 1.87 bits per heavy atom. The maximum atomic E-state index is 15.2. The molecule has 12 nitrogen and oxygen atoms in total. The predicted molar refractivity (Wildman–Crippen MR) is 205 cm³/mol. The highest BCUT2D eigenvalue weighted by Gasteiger charge is 2.68. The molecule has 2 aromatic carbocycles. The van der Waals surface area contributed by atoms with Crippen LogP contribution >= 0.6 is 21.6 Å². The monoisotopic (exact) mass is 786 g/mol. The summed E-state index contributed by atoms with van der Waals surface area (Å²) in [7, 11) is 2.81. The van der Waals surface area contributed by atoms with E-state index in [9.17, 15) is 35.4 Å². The Morgan fingerprint density at radius 3 is 2.69 bits per heavy atom. The van der Waals surface area contributed by atoms with Crippen LogP contribution in [0.2, 0.25) is 0 Å². The molecule has 55 heavy (non-hydrogen) atoms. The van der Waals surface area contributed by atoms with Crippen molar-refractivity contribution in [1.29, 1.82) is 0 Å². The standard InChI is InChI=1S/C41H42N2O10S2/c44-18-22-4-1-3-21(13-22)14-23-15-28-33(47)27-5-2-6-29-32(27)34(48)40(28,30(46)16-23)20-54-55-31-8-7-26-24(10-12-42-36(26)43-31)17-25-9-11-39(19-45)38(50)41(25,51)35(49)37(52-29)53-39/h1-8,10,13,15-16,25,28,31,35,37-38,42-46,49-51H,9,11-12,14,17-20H2. The van der Waals surface area contributed by atoms with E-state index in [0.717, 1.165) is 28.1 Å². The van der Waals surface area contributed by atoms with E-state index in [-0.39, 0.29) is 46.8 Å². The zero-order chi connectivity index (χ0) is 38.3. The number of aliphatic hydroxyl groups is 6. The maximum Gasteiger partial charge on any atom is 0.229 e. The topological polar surface area (TPSA) is 198 Å². The lowest BCUT2D eigenvalue weighted by molar-refractivity contribution is -0.376. The largest absolute Gasteiger partial charge is 0.511 e. The van der Waals surface area contributed by atoms with E-state index < -0.39 is 65.1 Å². The zero-order valence-electron chi connectivity index (χ0n) is 29.7. The van der Waals surface area contributed by atoms with Crippen molar-refractivity contribution in [3.63, 3.8) is 0 Å². The van der Waals surface area contributed by atoms with Gasteiger partial charge >= 0.3 is 0 Å². The molecule has 8 N–H and O–H groups in total. The van der Waals surface area contributed by atoms with Crippen molar-refractivity contribution in [3.8, 4) is 5.75 Å². The Labute approximate surface area is 325 Å². The summed E-state index contributed by atoms with van der Waals surface area (Å²) in [5.74, 6) is -2.26. The Bertz CT molecular complexity index is 2130. The van der Waals surface area contributed by atoms with E-state index in [1.54, 1.807) is 24.3 Å². The van der Waals surface area contributed by atoms with Gasteiger partial charge in [0.05, 0.1) is 24.7 Å². The van der Waals surface area contributed by atoms with Gasteiger partial charge in [-0.15, -0.1) is 0 Å². The lowest BCUT2D eigenvalue weighted by Gasteiger charge is -2.59. The van der Waals surface area contributed by atoms with Gasteiger partial charge in [0.25, 0.3) is 0 Å². The summed E-state index contributed by atoms with van der Waals surface area (Å²) in [5, 5.41) is 75.1. The van der Waals surface area contributed by atoms with Crippen molar-refractivity contribution in [2.75, 3.05) is 18.9 Å². The van der Waals surface area contributed by atoms with E-state index in [0.29, 0.717) is 31.4 Å². The maximum absolute atomic E-state index is 15.2. The summed E-state index contributed by atoms with van der Waals surface area (Å²) >= 11 is 0. The summed E-state index contributed by atoms with van der Waals surface area (Å²) in [4.78, 5) is 29.9. The molecule has 5 heterocycles. The van der Waals surface area contributed by atoms with Crippen molar-refractivity contribution in [2.24, 2.45) is 17.3 Å². The highest BCUT2D eigenvalue weighted by molar-refractivity contribution is 8.77. The van der Waals surface area contributed by atoms with Crippen LogP contribution in [0.15, 0.2) is 101 Å². The predicted octanol–water partition coefficient (Wildman–Crippen LogP) is 3.13. The van der Waals surface area contributed by atoms with Crippen molar-refractivity contribution in [3.05, 3.63) is 123 Å². The number of ether oxygens (including phenoxy) is 2. The van der Waals surface area contributed by atoms with Gasteiger partial charge < -0.3 is 50.7 Å². The molecule has 14 heteroatoms. The second-order valence-corrected chi connectivity index (χ2v) is 17.9. The van der Waals surface area contributed by atoms with Crippen LogP contribution in [0.1, 0.15) is 51.1 Å². The molecule has 9 unspecified atom stereocenters. The molecule has 9 bridgehead atoms. The van der Waals surface area contributed by atoms with Gasteiger partial charge in [-0.05, 0) is 66.0 Å². The third-order valence-corrected chi connectivity index (χ3v) is 15.0. The van der Waals surface area contributed by atoms with E-state index >= 15 is 4.79 Å². The van der Waals surface area contributed by atoms with Gasteiger partial charge in [0, 0.05) is 23.4 Å². The molecule has 1 saturated carbocycles. The fraction of sp³-hybridized carbons (Fsp3) is 0.415. The molecule has 1 saturated heterocycles. The summed E-state index contributed by atoms with van der Waals surface area (Å²) in [6.45, 7) is -0.304. The van der Waals surface area contributed by atoms with Gasteiger partial charge in [0.2, 0.25) is 6.29 Å². The van der Waals surface area contributed by atoms with Crippen LogP contribution in [0.25, 0.3) is 0 Å². The minimum atomic E-state index is -2.19. The fourth-order valence-electron chi connectivity index (χ4n) is 9.50. The molecule has 5 aliphatic heterocycles. The first-order chi connectivity index (χ1) is 26.5. The van der Waals surface area contributed by atoms with Crippen LogP contribution in [0.4, 0.5) is 0 Å². The van der Waals surface area contributed by atoms with E-state index in [1.165, 1.54) is 33.7 Å². The first kappa shape index (κ1) is 36.8. The van der Waals surface area contributed by atoms with Crippen molar-refractivity contribution < 1.29 is 49.7 Å². The highest BCUT2D eigenvalue weighted by Crippen LogP contribution is 2.55. The molecule has 9 atom stereocenters. The third kappa shape index (κ3) is 5.59. The second-order valence-electron chi connectivity index (χ2n) is 15.4. The Kier molecular flexibility index (Phi) is 9.13. The lowest BCUT2D eigenvalue weighted by Crippen LogP contribution is -2.77. The number of allylic oxidation sites excluding steroid dienone is 7. The Hall–Kier alpha value is -3.86. The number of Topliss-reactive ketones (excluding diaryl/α,β-unsaturated/α-hetero) is 2. The number of fused-ring (bicyclic) bond motifs is 3. The van der Waals surface area contributed by atoms with Gasteiger partial charge in [0.1, 0.15) is 51.5 Å². The number of rotatable bonds is 4. The van der Waals surface area contributed by atoms with E-state index in [2.05, 4.69) is 10.6 Å². The number of aliphatic hydroxyl groups excluding tert-OH is 5. The van der Waals surface area contributed by atoms with Gasteiger partial charge in [0.15, 0.2) is 11.6 Å². The van der Waals surface area contributed by atoms with E-state index in [4.69, 9.17) is 9.47 Å². The molecule has 1 spiro atoms. The molecule has 10 rings (SSSR count). The van der Waals surface area contributed by atoms with Crippen LogP contribution in [-0.2, 0) is 17.8 Å². The van der Waals surface area contributed by atoms with Crippen LogP contribution in [-0.4, -0.2) is 96.2 Å². The Balaban J connectivity index is 1.17. The number of nitrogens with one attached hydrogen (secondary N) is 2. The third-order valence-electron chi connectivity index (χ3n) is 12.5. The minimum absolute atomic E-state index is 0.0209. The number of ketones is 2. The molecule has 3 aliphatic carbocycles. The highest BCUT2D eigenvalue weighted by atomic mass is 33.1. The zero-order valence-corrected chi connectivity index (χ0v) is 31.3. The first-order valence-electron chi connectivity index (χ1n) is 18.5. The van der Waals surface area contributed by atoms with Gasteiger partial charge in [-0.2, -0.15) is 0 Å². The number of hydrogen-bond donors (Lipinski definition) is 8. The quantitative estimate of drug-likeness (QED) is 0.211. The van der Waals surface area contributed by atoms with Crippen LogP contribution in [0.3, 0.4) is 0 Å². The molecule has 288 valence electrons. The molecule has 8 aliphatic rings. The number of carbonyl (C=O) groups excluding carboxylic acids is 2. The SMILES string of the molecule is O=C1c2cccc3c2C(=O)C2(CSSC4C=CC5=C(NCC=C5CC5CCC6(CO)OC(O3)C(O)C5(O)C6O)N4)C(O)=CC(Cc3cccc(CO)c3)=CC12. The summed E-state index contributed by atoms with van der Waals surface area (Å²) in [6.07, 6.45) is 5.27. The van der Waals surface area contributed by atoms with E-state index in [1.807, 2.05) is 36.4 Å². The Morgan fingerprint density at radius 1 is 1.05 bits per heavy atom. The van der Waals surface area contributed by atoms with Gasteiger partial charge in [-0.3, -0.25) is 9.59 Å². The molecule has 2 fully saturated rings. The average Bonchev–Trinajstić information content (AvgIpc) is 3.19. The molecular weight excluding hydrogens is 745 g/mol. The molecule has 0 radical (unpaired) electrons. The van der Waals surface area contributed by atoms with Crippen molar-refractivity contribution >= 4 is 33.2 Å². The summed E-state index contributed by atoms with van der Waals surface area (Å²) in [5.41, 5.74) is -1.58. The van der Waals surface area contributed by atoms with Gasteiger partial charge in [-0.25, -0.2) is 0 Å². The molecule has 0 aromatic heterocycles. The number of benzene rings is 2. The van der Waals surface area contributed by atoms with Crippen LogP contribution in [0, 0.1) is 17.3 Å². The van der Waals surface area contributed by atoms with Crippen LogP contribution in [0.5, 0.6) is 5.75 Å². The lowest BCUT2D eigenvalue weighted by atomic mass is 9.60. The summed E-state index contributed by atoms with van der Waals surface area (Å²) < 4.78 is 12.5. The van der Waals surface area contributed by atoms with Crippen molar-refractivity contribution in [2.45, 2.75) is 67.4 Å². The van der Waals surface area contributed by atoms with Crippen LogP contribution < -0.4 is 15.4 Å². The number of dihydropyridines is 2. The average molecular weight is 787 g/mol. The smallest absolute Gasteiger partial charge is 0.229 e. The normalized spacial score (nSPS) is 36.3.